The third-order valence-corrected chi connectivity index (χ3v) is 8.99. The molecule has 0 aromatic heterocycles. The first-order valence-corrected chi connectivity index (χ1v) is 13.7. The summed E-state index contributed by atoms with van der Waals surface area (Å²) in [5.74, 6) is 0. The number of nitrogens with zero attached hydrogens (tertiary/aromatic N) is 2. The highest BCUT2D eigenvalue weighted by Gasteiger charge is 2.32. The lowest BCUT2D eigenvalue weighted by molar-refractivity contribution is 0.313. The van der Waals surface area contributed by atoms with E-state index in [0.29, 0.717) is 5.54 Å². The van der Waals surface area contributed by atoms with Gasteiger partial charge in [-0.05, 0) is 27.8 Å². The van der Waals surface area contributed by atoms with Crippen LogP contribution >= 0.6 is 0 Å². The zero-order valence-corrected chi connectivity index (χ0v) is 21.3. The molecule has 1 radical (unpaired) electrons. The van der Waals surface area contributed by atoms with Crippen molar-refractivity contribution < 1.29 is 0 Å². The van der Waals surface area contributed by atoms with E-state index in [1.807, 2.05) is 0 Å². The Kier molecular flexibility index (Phi) is 8.86. The lowest BCUT2D eigenvalue weighted by atomic mass is 10.2. The van der Waals surface area contributed by atoms with E-state index < -0.39 is 9.12 Å². The number of hydrogen-bond donors (Lipinski definition) is 0. The predicted molar refractivity (Wildman–Crippen MR) is 145 cm³/mol. The fraction of sp³-hybridized carbons (Fsp3) is 0.226. The molecule has 0 aliphatic heterocycles. The van der Waals surface area contributed by atoms with Crippen molar-refractivity contribution >= 4 is 9.12 Å². The van der Waals surface area contributed by atoms with Crippen molar-refractivity contribution in [1.29, 1.82) is 0 Å². The molecule has 0 N–H and O–H groups in total. The summed E-state index contributed by atoms with van der Waals surface area (Å²) in [7, 11) is -1.06. The fourth-order valence-electron chi connectivity index (χ4n) is 4.58. The molecule has 34 heavy (non-hydrogen) atoms. The molecule has 0 saturated carbocycles. The summed E-state index contributed by atoms with van der Waals surface area (Å²) in [6.07, 6.45) is 0. The maximum absolute atomic E-state index is 2.76. The molecule has 0 aliphatic rings. The van der Waals surface area contributed by atoms with Gasteiger partial charge in [0.25, 0.3) is 0 Å². The van der Waals surface area contributed by atoms with Crippen LogP contribution in [0.4, 0.5) is 0 Å². The molecule has 0 spiro atoms. The van der Waals surface area contributed by atoms with Gasteiger partial charge in [0, 0.05) is 26.2 Å². The van der Waals surface area contributed by atoms with E-state index in [-0.39, 0.29) is 0 Å². The van der Waals surface area contributed by atoms with E-state index in [2.05, 4.69) is 144 Å². The van der Waals surface area contributed by atoms with Crippen LogP contribution in [0.15, 0.2) is 121 Å². The lowest BCUT2D eigenvalue weighted by Crippen LogP contribution is -2.53. The molecular weight excluding hydrogens is 428 g/mol. The van der Waals surface area contributed by atoms with Crippen LogP contribution in [0.1, 0.15) is 36.1 Å². The Balaban J connectivity index is 1.70. The number of benzene rings is 4. The topological polar surface area (TPSA) is 6.48 Å². The molecule has 0 fully saturated rings. The van der Waals surface area contributed by atoms with E-state index in [4.69, 9.17) is 0 Å². The fourth-order valence-corrected chi connectivity index (χ4v) is 7.82. The second-order valence-corrected chi connectivity index (χ2v) is 12.3. The molecule has 4 aromatic rings. The predicted octanol–water partition coefficient (Wildman–Crippen LogP) is 7.29. The Morgan fingerprint density at radius 2 is 0.676 bits per heavy atom. The molecule has 4 aromatic carbocycles. The van der Waals surface area contributed by atoms with E-state index in [9.17, 15) is 0 Å². The second-order valence-electron chi connectivity index (χ2n) is 9.17. The molecule has 0 aliphatic carbocycles. The first-order valence-electron chi connectivity index (χ1n) is 12.2. The minimum Gasteiger partial charge on any atom is -0.303 e. The smallest absolute Gasteiger partial charge is 0.233 e. The standard InChI is InChI=1S/C31H35N2Si/c1-27(2)34(32(23-28-15-7-3-8-16-28)24-29-17-9-4-10-18-29)33(25-30-19-11-5-12-20-30)26-31-21-13-6-14-22-31/h3-22,27H,23-26H2,1-2H3. The average Bonchev–Trinajstić information content (AvgIpc) is 2.86. The molecule has 0 saturated heterocycles. The molecular formula is C31H35N2Si. The Labute approximate surface area is 207 Å². The summed E-state index contributed by atoms with van der Waals surface area (Å²) < 4.78 is 5.51. The first kappa shape index (κ1) is 24.2. The normalized spacial score (nSPS) is 11.6. The van der Waals surface area contributed by atoms with Crippen molar-refractivity contribution in [2.45, 2.75) is 45.6 Å². The molecule has 0 atom stereocenters. The Bertz CT molecular complexity index is 915. The van der Waals surface area contributed by atoms with Gasteiger partial charge in [-0.15, -0.1) is 0 Å². The number of hydrogen-bond acceptors (Lipinski definition) is 2. The van der Waals surface area contributed by atoms with Crippen LogP contribution < -0.4 is 0 Å². The number of rotatable bonds is 11. The zero-order chi connectivity index (χ0) is 23.6. The van der Waals surface area contributed by atoms with Crippen molar-refractivity contribution in [1.82, 2.24) is 9.13 Å². The molecule has 173 valence electrons. The minimum absolute atomic E-state index is 0.560. The molecule has 0 bridgehead atoms. The van der Waals surface area contributed by atoms with Gasteiger partial charge in [0.05, 0.1) is 0 Å². The maximum atomic E-state index is 2.76. The van der Waals surface area contributed by atoms with E-state index in [0.717, 1.165) is 26.2 Å². The van der Waals surface area contributed by atoms with Gasteiger partial charge in [-0.25, -0.2) is 0 Å². The molecule has 0 amide bonds. The van der Waals surface area contributed by atoms with Gasteiger partial charge in [0.1, 0.15) is 0 Å². The summed E-state index contributed by atoms with van der Waals surface area (Å²) in [6.45, 7) is 8.65. The SMILES string of the molecule is CC(C)[Si](N(Cc1ccccc1)Cc1ccccc1)N(Cc1ccccc1)Cc1ccccc1. The summed E-state index contributed by atoms with van der Waals surface area (Å²) in [4.78, 5) is 0. The Morgan fingerprint density at radius 1 is 0.441 bits per heavy atom. The lowest BCUT2D eigenvalue weighted by Gasteiger charge is -2.40. The van der Waals surface area contributed by atoms with Gasteiger partial charge in [-0.3, -0.25) is 0 Å². The summed E-state index contributed by atoms with van der Waals surface area (Å²) in [5, 5.41) is 0. The summed E-state index contributed by atoms with van der Waals surface area (Å²) in [6, 6.07) is 43.8. The van der Waals surface area contributed by atoms with E-state index in [1.165, 1.54) is 22.3 Å². The van der Waals surface area contributed by atoms with Crippen LogP contribution in [-0.2, 0) is 26.2 Å². The van der Waals surface area contributed by atoms with Crippen molar-refractivity contribution in [3.8, 4) is 0 Å². The third-order valence-electron chi connectivity index (χ3n) is 6.03. The maximum Gasteiger partial charge on any atom is 0.233 e. The largest absolute Gasteiger partial charge is 0.303 e. The molecule has 0 unspecified atom stereocenters. The Hall–Kier alpha value is -2.98. The summed E-state index contributed by atoms with van der Waals surface area (Å²) >= 11 is 0. The monoisotopic (exact) mass is 463 g/mol. The second kappa shape index (κ2) is 12.5. The minimum atomic E-state index is -1.06. The molecule has 4 rings (SSSR count). The van der Waals surface area contributed by atoms with Gasteiger partial charge in [-0.2, -0.15) is 0 Å². The van der Waals surface area contributed by atoms with Crippen LogP contribution in [0.25, 0.3) is 0 Å². The van der Waals surface area contributed by atoms with Crippen molar-refractivity contribution in [3.05, 3.63) is 144 Å². The quantitative estimate of drug-likeness (QED) is 0.215. The van der Waals surface area contributed by atoms with Crippen LogP contribution in [0.5, 0.6) is 0 Å². The Morgan fingerprint density at radius 3 is 0.882 bits per heavy atom. The van der Waals surface area contributed by atoms with Gasteiger partial charge in [-0.1, -0.05) is 135 Å². The molecule has 2 nitrogen and oxygen atoms in total. The molecule has 3 heteroatoms. The van der Waals surface area contributed by atoms with Crippen LogP contribution in [0.3, 0.4) is 0 Å². The van der Waals surface area contributed by atoms with Crippen molar-refractivity contribution in [2.75, 3.05) is 0 Å². The highest BCUT2D eigenvalue weighted by atomic mass is 28.3. The first-order chi connectivity index (χ1) is 16.7. The van der Waals surface area contributed by atoms with Gasteiger partial charge in [0.2, 0.25) is 9.12 Å². The third kappa shape index (κ3) is 7.01. The van der Waals surface area contributed by atoms with Crippen LogP contribution in [0.2, 0.25) is 5.54 Å². The highest BCUT2D eigenvalue weighted by molar-refractivity contribution is 6.54. The summed E-state index contributed by atoms with van der Waals surface area (Å²) in [5.41, 5.74) is 6.06. The van der Waals surface area contributed by atoms with Gasteiger partial charge >= 0.3 is 0 Å². The van der Waals surface area contributed by atoms with Crippen molar-refractivity contribution in [3.63, 3.8) is 0 Å². The zero-order valence-electron chi connectivity index (χ0n) is 20.3. The van der Waals surface area contributed by atoms with Gasteiger partial charge < -0.3 is 9.13 Å². The van der Waals surface area contributed by atoms with Crippen LogP contribution in [-0.4, -0.2) is 18.3 Å². The van der Waals surface area contributed by atoms with Crippen molar-refractivity contribution in [2.24, 2.45) is 0 Å². The average molecular weight is 464 g/mol. The van der Waals surface area contributed by atoms with Crippen LogP contribution in [0, 0.1) is 0 Å². The molecule has 0 heterocycles. The van der Waals surface area contributed by atoms with E-state index in [1.54, 1.807) is 0 Å². The van der Waals surface area contributed by atoms with E-state index >= 15 is 0 Å². The van der Waals surface area contributed by atoms with Gasteiger partial charge in [0.15, 0.2) is 0 Å². The highest BCUT2D eigenvalue weighted by Crippen LogP contribution is 2.25.